The van der Waals surface area contributed by atoms with Gasteiger partial charge in [-0.15, -0.1) is 0 Å². The minimum Gasteiger partial charge on any atom is -0.379 e. The third-order valence-corrected chi connectivity index (χ3v) is 7.98. The Kier molecular flexibility index (Phi) is 9.37. The van der Waals surface area contributed by atoms with Crippen LogP contribution in [0.4, 0.5) is 34.6 Å². The molecule has 1 fully saturated rings. The SMILES string of the molecule is O=C(Nc1ccc(Nc2ccnc3[nH]c(=O)c4c(C(=O)NCCCN5CCOCC5)cccc4c23)cc1)c1ccc(F)cc1C(F)(F)F. The van der Waals surface area contributed by atoms with E-state index in [4.69, 9.17) is 4.74 Å². The van der Waals surface area contributed by atoms with E-state index < -0.39 is 34.6 Å². The van der Waals surface area contributed by atoms with Crippen molar-refractivity contribution in [1.82, 2.24) is 20.2 Å². The van der Waals surface area contributed by atoms with Crippen LogP contribution in [0.1, 0.15) is 32.7 Å². The fourth-order valence-corrected chi connectivity index (χ4v) is 5.66. The van der Waals surface area contributed by atoms with Crippen molar-refractivity contribution in [2.24, 2.45) is 0 Å². The smallest absolute Gasteiger partial charge is 0.379 e. The van der Waals surface area contributed by atoms with Crippen molar-refractivity contribution < 1.29 is 31.9 Å². The van der Waals surface area contributed by atoms with E-state index in [1.165, 1.54) is 18.3 Å². The van der Waals surface area contributed by atoms with Gasteiger partial charge in [0.2, 0.25) is 0 Å². The number of carbonyl (C=O) groups excluding carboxylic acids is 2. The molecule has 0 saturated carbocycles. The van der Waals surface area contributed by atoms with Gasteiger partial charge >= 0.3 is 6.18 Å². The first-order chi connectivity index (χ1) is 23.1. The molecule has 2 amide bonds. The Morgan fingerprint density at radius 3 is 2.42 bits per heavy atom. The quantitative estimate of drug-likeness (QED) is 0.0909. The van der Waals surface area contributed by atoms with E-state index >= 15 is 0 Å². The molecule has 0 unspecified atom stereocenters. The molecule has 10 nitrogen and oxygen atoms in total. The first-order valence-electron chi connectivity index (χ1n) is 15.2. The Morgan fingerprint density at radius 2 is 1.67 bits per heavy atom. The number of amides is 2. The first kappa shape index (κ1) is 32.6. The summed E-state index contributed by atoms with van der Waals surface area (Å²) in [5.74, 6) is -2.52. The standard InChI is InChI=1S/C34H30F4N6O4/c35-20-5-10-23(26(19-20)34(36,37)38)32(46)42-22-8-6-21(7-9-22)41-27-11-13-39-30-29(27)24-3-1-4-25(28(24)33(47)43-30)31(45)40-12-2-14-44-15-17-48-18-16-44/h1,3-11,13,19H,2,12,14-18H2,(H,40,45)(H,42,46)(H2,39,41,43,47). The van der Waals surface area contributed by atoms with Gasteiger partial charge in [-0.2, -0.15) is 13.2 Å². The van der Waals surface area contributed by atoms with Crippen molar-refractivity contribution in [3.8, 4) is 0 Å². The number of rotatable bonds is 9. The monoisotopic (exact) mass is 662 g/mol. The molecule has 3 aromatic carbocycles. The second-order valence-corrected chi connectivity index (χ2v) is 11.2. The summed E-state index contributed by atoms with van der Waals surface area (Å²) in [5.41, 5.74) is -0.715. The number of aromatic amines is 1. The highest BCUT2D eigenvalue weighted by Crippen LogP contribution is 2.34. The molecule has 5 aromatic rings. The molecule has 0 atom stereocenters. The largest absolute Gasteiger partial charge is 0.417 e. The van der Waals surface area contributed by atoms with Gasteiger partial charge in [-0.05, 0) is 67.6 Å². The predicted octanol–water partition coefficient (Wildman–Crippen LogP) is 5.68. The molecule has 0 bridgehead atoms. The second kappa shape index (κ2) is 13.8. The van der Waals surface area contributed by atoms with Crippen LogP contribution in [0.15, 0.2) is 77.7 Å². The number of alkyl halides is 3. The molecule has 0 spiro atoms. The Morgan fingerprint density at radius 1 is 0.917 bits per heavy atom. The molecule has 1 aliphatic heterocycles. The highest BCUT2D eigenvalue weighted by molar-refractivity contribution is 6.16. The highest BCUT2D eigenvalue weighted by Gasteiger charge is 2.35. The van der Waals surface area contributed by atoms with Gasteiger partial charge in [0.05, 0.1) is 41.0 Å². The van der Waals surface area contributed by atoms with Gasteiger partial charge in [0.25, 0.3) is 17.4 Å². The Labute approximate surface area is 271 Å². The summed E-state index contributed by atoms with van der Waals surface area (Å²) in [4.78, 5) is 48.5. The van der Waals surface area contributed by atoms with E-state index in [1.54, 1.807) is 36.4 Å². The van der Waals surface area contributed by atoms with Crippen LogP contribution in [0.3, 0.4) is 0 Å². The maximum atomic E-state index is 13.5. The molecular formula is C34H30F4N6O4. The van der Waals surface area contributed by atoms with Gasteiger partial charge in [-0.1, -0.05) is 12.1 Å². The molecular weight excluding hydrogens is 632 g/mol. The lowest BCUT2D eigenvalue weighted by molar-refractivity contribution is -0.138. The Balaban J connectivity index is 1.21. The number of halogens is 4. The van der Waals surface area contributed by atoms with Crippen molar-refractivity contribution in [3.63, 3.8) is 0 Å². The van der Waals surface area contributed by atoms with E-state index in [0.29, 0.717) is 47.6 Å². The summed E-state index contributed by atoms with van der Waals surface area (Å²) in [5, 5.41) is 9.85. The molecule has 2 aromatic heterocycles. The number of anilines is 3. The zero-order valence-electron chi connectivity index (χ0n) is 25.4. The number of aromatic nitrogens is 2. The van der Waals surface area contributed by atoms with Crippen molar-refractivity contribution in [2.75, 3.05) is 50.0 Å². The van der Waals surface area contributed by atoms with Crippen LogP contribution in [-0.4, -0.2) is 66.1 Å². The number of H-pyrrole nitrogens is 1. The van der Waals surface area contributed by atoms with E-state index in [2.05, 4.69) is 30.8 Å². The van der Waals surface area contributed by atoms with E-state index in [-0.39, 0.29) is 28.6 Å². The number of ether oxygens (including phenoxy) is 1. The summed E-state index contributed by atoms with van der Waals surface area (Å²) in [6.07, 6.45) is -2.66. The molecule has 48 heavy (non-hydrogen) atoms. The molecule has 0 radical (unpaired) electrons. The van der Waals surface area contributed by atoms with Gasteiger partial charge in [0.15, 0.2) is 0 Å². The zero-order chi connectivity index (χ0) is 33.8. The summed E-state index contributed by atoms with van der Waals surface area (Å²) in [6, 6.07) is 14.8. The number of benzene rings is 3. The number of nitrogens with one attached hydrogen (secondary N) is 4. The van der Waals surface area contributed by atoms with Crippen LogP contribution in [0.25, 0.3) is 21.8 Å². The lowest BCUT2D eigenvalue weighted by Crippen LogP contribution is -2.38. The minimum atomic E-state index is -4.92. The fraction of sp³-hybridized carbons (Fsp3) is 0.235. The number of carbonyl (C=O) groups is 2. The number of fused-ring (bicyclic) bond motifs is 3. The van der Waals surface area contributed by atoms with Gasteiger partial charge in [-0.3, -0.25) is 19.3 Å². The van der Waals surface area contributed by atoms with Gasteiger partial charge < -0.3 is 25.7 Å². The molecule has 0 aliphatic carbocycles. The topological polar surface area (TPSA) is 128 Å². The lowest BCUT2D eigenvalue weighted by atomic mass is 10.0. The zero-order valence-corrected chi connectivity index (χ0v) is 25.4. The van der Waals surface area contributed by atoms with Crippen LogP contribution in [0.5, 0.6) is 0 Å². The summed E-state index contributed by atoms with van der Waals surface area (Å²) in [7, 11) is 0. The maximum Gasteiger partial charge on any atom is 0.417 e. The Hall–Kier alpha value is -5.34. The summed E-state index contributed by atoms with van der Waals surface area (Å²) in [6.45, 7) is 4.37. The second-order valence-electron chi connectivity index (χ2n) is 11.2. The van der Waals surface area contributed by atoms with Gasteiger partial charge in [0.1, 0.15) is 11.5 Å². The van der Waals surface area contributed by atoms with Crippen LogP contribution in [-0.2, 0) is 10.9 Å². The van der Waals surface area contributed by atoms with E-state index in [9.17, 15) is 31.9 Å². The summed E-state index contributed by atoms with van der Waals surface area (Å²) >= 11 is 0. The van der Waals surface area contributed by atoms with Gasteiger partial charge in [-0.25, -0.2) is 9.37 Å². The molecule has 3 heterocycles. The van der Waals surface area contributed by atoms with E-state index in [1.807, 2.05) is 0 Å². The van der Waals surface area contributed by atoms with Gasteiger partial charge in [0, 0.05) is 48.0 Å². The Bertz CT molecular complexity index is 2040. The predicted molar refractivity (Wildman–Crippen MR) is 173 cm³/mol. The first-order valence-corrected chi connectivity index (χ1v) is 15.2. The minimum absolute atomic E-state index is 0.206. The average molecular weight is 663 g/mol. The third-order valence-electron chi connectivity index (χ3n) is 7.98. The number of morpholine rings is 1. The van der Waals surface area contributed by atoms with Crippen molar-refractivity contribution in [2.45, 2.75) is 12.6 Å². The average Bonchev–Trinajstić information content (AvgIpc) is 3.07. The van der Waals surface area contributed by atoms with Crippen molar-refractivity contribution in [3.05, 3.63) is 106 Å². The molecule has 14 heteroatoms. The molecule has 248 valence electrons. The normalized spacial score (nSPS) is 13.8. The molecule has 6 rings (SSSR count). The summed E-state index contributed by atoms with van der Waals surface area (Å²) < 4.78 is 59.0. The molecule has 1 saturated heterocycles. The van der Waals surface area contributed by atoms with E-state index in [0.717, 1.165) is 38.2 Å². The fourth-order valence-electron chi connectivity index (χ4n) is 5.66. The van der Waals surface area contributed by atoms with Crippen LogP contribution >= 0.6 is 0 Å². The molecule has 4 N–H and O–H groups in total. The molecule has 1 aliphatic rings. The lowest BCUT2D eigenvalue weighted by Gasteiger charge is -2.26. The number of hydrogen-bond acceptors (Lipinski definition) is 7. The maximum absolute atomic E-state index is 13.5. The van der Waals surface area contributed by atoms with Crippen LogP contribution < -0.4 is 21.5 Å². The van der Waals surface area contributed by atoms with Crippen molar-refractivity contribution >= 4 is 50.7 Å². The number of hydrogen-bond donors (Lipinski definition) is 4. The number of pyridine rings is 2. The third kappa shape index (κ3) is 7.14. The number of nitrogens with zero attached hydrogens (tertiary/aromatic N) is 2. The highest BCUT2D eigenvalue weighted by atomic mass is 19.4. The van der Waals surface area contributed by atoms with Crippen LogP contribution in [0.2, 0.25) is 0 Å². The van der Waals surface area contributed by atoms with Crippen LogP contribution in [0, 0.1) is 5.82 Å². The van der Waals surface area contributed by atoms with Crippen molar-refractivity contribution in [1.29, 1.82) is 0 Å².